The average molecular weight is 436 g/mol. The third-order valence-corrected chi connectivity index (χ3v) is 5.57. The Bertz CT molecular complexity index is 878. The molecule has 4 rings (SSSR count). The van der Waals surface area contributed by atoms with Crippen molar-refractivity contribution in [3.05, 3.63) is 35.4 Å². The van der Waals surface area contributed by atoms with Gasteiger partial charge in [0.15, 0.2) is 11.5 Å². The van der Waals surface area contributed by atoms with Gasteiger partial charge in [0.1, 0.15) is 11.6 Å². The molecule has 1 N–H and O–H groups in total. The van der Waals surface area contributed by atoms with Gasteiger partial charge in [-0.15, -0.1) is 22.6 Å². The van der Waals surface area contributed by atoms with Crippen molar-refractivity contribution < 1.29 is 14.3 Å². The third-order valence-electron chi connectivity index (χ3n) is 5.57. The predicted molar refractivity (Wildman–Crippen MR) is 116 cm³/mol. The normalized spacial score (nSPS) is 16.7. The Morgan fingerprint density at radius 2 is 1.93 bits per heavy atom. The summed E-state index contributed by atoms with van der Waals surface area (Å²) in [5, 5.41) is 12.1. The second kappa shape index (κ2) is 9.66. The van der Waals surface area contributed by atoms with Crippen molar-refractivity contribution in [3.63, 3.8) is 0 Å². The summed E-state index contributed by atoms with van der Waals surface area (Å²) in [7, 11) is 1.59. The van der Waals surface area contributed by atoms with Crippen LogP contribution >= 0.6 is 12.4 Å². The van der Waals surface area contributed by atoms with E-state index in [-0.39, 0.29) is 24.4 Å². The molecule has 1 fully saturated rings. The van der Waals surface area contributed by atoms with E-state index in [1.54, 1.807) is 13.2 Å². The number of nitrogens with one attached hydrogen (secondary N) is 1. The largest absolute Gasteiger partial charge is 0.493 e. The molecule has 0 spiro atoms. The van der Waals surface area contributed by atoms with Gasteiger partial charge in [-0.05, 0) is 44.9 Å². The molecule has 1 aromatic heterocycles. The molecule has 2 aliphatic rings. The predicted octanol–water partition coefficient (Wildman–Crippen LogP) is 2.62. The molecule has 8 nitrogen and oxygen atoms in total. The maximum absolute atomic E-state index is 13.0. The number of carbonyl (C=O) groups excluding carboxylic acids is 1. The van der Waals surface area contributed by atoms with Gasteiger partial charge in [-0.2, -0.15) is 0 Å². The van der Waals surface area contributed by atoms with Gasteiger partial charge >= 0.3 is 0 Å². The fourth-order valence-corrected chi connectivity index (χ4v) is 4.09. The number of halogens is 1. The number of rotatable bonds is 5. The van der Waals surface area contributed by atoms with Crippen molar-refractivity contribution in [2.45, 2.75) is 51.8 Å². The second-order valence-corrected chi connectivity index (χ2v) is 7.90. The minimum absolute atomic E-state index is 0. The summed E-state index contributed by atoms with van der Waals surface area (Å²) in [6.45, 7) is 8.02. The number of benzene rings is 1. The average Bonchev–Trinajstić information content (AvgIpc) is 3.17. The van der Waals surface area contributed by atoms with Gasteiger partial charge in [-0.25, -0.2) is 0 Å². The fraction of sp³-hybridized carbons (Fsp3) is 0.571. The van der Waals surface area contributed by atoms with Gasteiger partial charge in [0.2, 0.25) is 0 Å². The minimum Gasteiger partial charge on any atom is -0.493 e. The van der Waals surface area contributed by atoms with Crippen LogP contribution in [0.1, 0.15) is 54.6 Å². The molecule has 1 amide bonds. The highest BCUT2D eigenvalue weighted by atomic mass is 35.5. The van der Waals surface area contributed by atoms with Crippen LogP contribution in [0.4, 0.5) is 0 Å². The highest BCUT2D eigenvalue weighted by molar-refractivity contribution is 5.95. The second-order valence-electron chi connectivity index (χ2n) is 7.90. The minimum atomic E-state index is 0. The Labute approximate surface area is 183 Å². The monoisotopic (exact) mass is 435 g/mol. The summed E-state index contributed by atoms with van der Waals surface area (Å²) in [6, 6.07) is 5.40. The number of methoxy groups -OCH3 is 1. The van der Waals surface area contributed by atoms with E-state index < -0.39 is 0 Å². The molecule has 0 atom stereocenters. The van der Waals surface area contributed by atoms with Gasteiger partial charge in [0, 0.05) is 37.7 Å². The summed E-state index contributed by atoms with van der Waals surface area (Å²) in [4.78, 5) is 14.9. The molecule has 1 saturated heterocycles. The first-order valence-electron chi connectivity index (χ1n) is 10.3. The van der Waals surface area contributed by atoms with Crippen molar-refractivity contribution in [3.8, 4) is 11.5 Å². The van der Waals surface area contributed by atoms with Crippen LogP contribution < -0.4 is 14.8 Å². The van der Waals surface area contributed by atoms with E-state index >= 15 is 0 Å². The number of carbonyl (C=O) groups is 1. The summed E-state index contributed by atoms with van der Waals surface area (Å²) in [5.74, 6) is 3.72. The SMILES string of the molecule is COc1cc(C(=O)N2CCC(c3nnc4n3CCNC4)CC2)ccc1OC(C)C.Cl. The number of amides is 1. The number of ether oxygens (including phenoxy) is 2. The van der Waals surface area contributed by atoms with Gasteiger partial charge in [0.05, 0.1) is 19.8 Å². The fourth-order valence-electron chi connectivity index (χ4n) is 4.09. The van der Waals surface area contributed by atoms with Crippen LogP contribution in [0.3, 0.4) is 0 Å². The van der Waals surface area contributed by atoms with Gasteiger partial charge in [-0.3, -0.25) is 4.79 Å². The molecule has 0 saturated carbocycles. The summed E-state index contributed by atoms with van der Waals surface area (Å²) in [6.07, 6.45) is 1.86. The standard InChI is InChI=1S/C21H29N5O3.ClH/c1-14(2)29-17-5-4-16(12-18(17)28-3)21(27)25-9-6-15(7-10-25)20-24-23-19-13-22-8-11-26(19)20;/h4-5,12,14-15,22H,6-11,13H2,1-3H3;1H. The van der Waals surface area contributed by atoms with Crippen molar-refractivity contribution >= 4 is 18.3 Å². The van der Waals surface area contributed by atoms with E-state index in [1.807, 2.05) is 30.9 Å². The highest BCUT2D eigenvalue weighted by Gasteiger charge is 2.29. The first-order chi connectivity index (χ1) is 14.1. The first kappa shape index (κ1) is 22.4. The van der Waals surface area contributed by atoms with Crippen LogP contribution in [-0.4, -0.2) is 58.4 Å². The van der Waals surface area contributed by atoms with Crippen molar-refractivity contribution in [1.82, 2.24) is 25.0 Å². The Morgan fingerprint density at radius 3 is 2.63 bits per heavy atom. The van der Waals surface area contributed by atoms with Crippen molar-refractivity contribution in [2.24, 2.45) is 0 Å². The van der Waals surface area contributed by atoms with Crippen LogP contribution in [0.2, 0.25) is 0 Å². The molecule has 30 heavy (non-hydrogen) atoms. The van der Waals surface area contributed by atoms with E-state index in [9.17, 15) is 4.79 Å². The molecule has 0 bridgehead atoms. The lowest BCUT2D eigenvalue weighted by Gasteiger charge is -2.32. The maximum atomic E-state index is 13.0. The van der Waals surface area contributed by atoms with E-state index in [4.69, 9.17) is 9.47 Å². The van der Waals surface area contributed by atoms with Crippen molar-refractivity contribution in [1.29, 1.82) is 0 Å². The number of likely N-dealkylation sites (tertiary alicyclic amines) is 1. The Kier molecular flexibility index (Phi) is 7.20. The molecule has 0 radical (unpaired) electrons. The zero-order valence-electron chi connectivity index (χ0n) is 17.8. The molecule has 164 valence electrons. The van der Waals surface area contributed by atoms with Gasteiger partial charge in [-0.1, -0.05) is 0 Å². The molecule has 9 heteroatoms. The van der Waals surface area contributed by atoms with E-state index in [0.717, 1.165) is 57.2 Å². The molecule has 0 aliphatic carbocycles. The van der Waals surface area contributed by atoms with E-state index in [2.05, 4.69) is 20.1 Å². The van der Waals surface area contributed by atoms with Gasteiger partial charge in [0.25, 0.3) is 5.91 Å². The summed E-state index contributed by atoms with van der Waals surface area (Å²) >= 11 is 0. The molecule has 0 unspecified atom stereocenters. The van der Waals surface area contributed by atoms with E-state index in [0.29, 0.717) is 23.0 Å². The zero-order chi connectivity index (χ0) is 20.4. The highest BCUT2D eigenvalue weighted by Crippen LogP contribution is 2.31. The number of aromatic nitrogens is 3. The summed E-state index contributed by atoms with van der Waals surface area (Å²) < 4.78 is 13.4. The van der Waals surface area contributed by atoms with Crippen LogP contribution in [-0.2, 0) is 13.1 Å². The number of nitrogens with zero attached hydrogens (tertiary/aromatic N) is 4. The Morgan fingerprint density at radius 1 is 1.17 bits per heavy atom. The Hall–Kier alpha value is -2.32. The summed E-state index contributed by atoms with van der Waals surface area (Å²) in [5.41, 5.74) is 0.627. The Balaban J connectivity index is 0.00000256. The lowest BCUT2D eigenvalue weighted by atomic mass is 9.95. The van der Waals surface area contributed by atoms with Gasteiger partial charge < -0.3 is 24.3 Å². The number of fused-ring (bicyclic) bond motifs is 1. The third kappa shape index (κ3) is 4.54. The van der Waals surface area contributed by atoms with E-state index in [1.165, 1.54) is 0 Å². The quantitative estimate of drug-likeness (QED) is 0.777. The van der Waals surface area contributed by atoms with Crippen LogP contribution in [0, 0.1) is 0 Å². The molecular formula is C21H30ClN5O3. The van der Waals surface area contributed by atoms with Crippen LogP contribution in [0.25, 0.3) is 0 Å². The first-order valence-corrected chi connectivity index (χ1v) is 10.3. The number of hydrogen-bond acceptors (Lipinski definition) is 6. The molecule has 3 heterocycles. The smallest absolute Gasteiger partial charge is 0.253 e. The molecular weight excluding hydrogens is 406 g/mol. The van der Waals surface area contributed by atoms with Crippen molar-refractivity contribution in [2.75, 3.05) is 26.7 Å². The van der Waals surface area contributed by atoms with Crippen LogP contribution in [0.5, 0.6) is 11.5 Å². The number of piperidine rings is 1. The lowest BCUT2D eigenvalue weighted by molar-refractivity contribution is 0.0709. The number of hydrogen-bond donors (Lipinski definition) is 1. The molecule has 2 aliphatic heterocycles. The molecule has 1 aromatic carbocycles. The topological polar surface area (TPSA) is 81.5 Å². The van der Waals surface area contributed by atoms with Crippen LogP contribution in [0.15, 0.2) is 18.2 Å². The lowest BCUT2D eigenvalue weighted by Crippen LogP contribution is -2.39. The zero-order valence-corrected chi connectivity index (χ0v) is 18.6. The maximum Gasteiger partial charge on any atom is 0.253 e. The molecule has 2 aromatic rings.